The molecule has 9 heteroatoms. The van der Waals surface area contributed by atoms with Gasteiger partial charge in [-0.25, -0.2) is 4.39 Å². The van der Waals surface area contributed by atoms with Gasteiger partial charge < -0.3 is 15.7 Å². The minimum absolute atomic E-state index is 0.0745. The van der Waals surface area contributed by atoms with Gasteiger partial charge in [0, 0.05) is 22.3 Å². The normalized spacial score (nSPS) is 13.0. The third-order valence-electron chi connectivity index (χ3n) is 3.91. The van der Waals surface area contributed by atoms with Crippen LogP contribution in [0.1, 0.15) is 18.9 Å². The van der Waals surface area contributed by atoms with Crippen LogP contribution in [0.3, 0.4) is 0 Å². The highest BCUT2D eigenvalue weighted by atomic mass is 35.5. The van der Waals surface area contributed by atoms with Gasteiger partial charge >= 0.3 is 11.8 Å². The highest BCUT2D eigenvalue weighted by molar-refractivity contribution is 6.40. The summed E-state index contributed by atoms with van der Waals surface area (Å²) in [4.78, 5) is 24.5. The lowest BCUT2D eigenvalue weighted by molar-refractivity contribution is -0.137. The summed E-state index contributed by atoms with van der Waals surface area (Å²) < 4.78 is 13.5. The number of halogens is 4. The molecule has 2 aromatic carbocycles. The Labute approximate surface area is 170 Å². The van der Waals surface area contributed by atoms with Gasteiger partial charge in [0.15, 0.2) is 0 Å². The van der Waals surface area contributed by atoms with E-state index in [1.165, 1.54) is 18.2 Å². The van der Waals surface area contributed by atoms with Crippen LogP contribution in [0.2, 0.25) is 15.1 Å². The van der Waals surface area contributed by atoms with Gasteiger partial charge in [0.2, 0.25) is 0 Å². The number of hydrogen-bond acceptors (Lipinski definition) is 3. The molecule has 2 rings (SSSR count). The van der Waals surface area contributed by atoms with Crippen LogP contribution in [0.4, 0.5) is 10.1 Å². The lowest BCUT2D eigenvalue weighted by Gasteiger charge is -2.31. The van der Waals surface area contributed by atoms with Crippen molar-refractivity contribution in [1.29, 1.82) is 0 Å². The quantitative estimate of drug-likeness (QED) is 0.620. The van der Waals surface area contributed by atoms with E-state index in [4.69, 9.17) is 34.8 Å². The maximum Gasteiger partial charge on any atom is 0.313 e. The molecule has 0 radical (unpaired) electrons. The molecule has 0 aliphatic heterocycles. The second-order valence-corrected chi connectivity index (χ2v) is 7.22. The number of benzene rings is 2. The molecule has 0 saturated carbocycles. The topological polar surface area (TPSA) is 78.4 Å². The van der Waals surface area contributed by atoms with Crippen molar-refractivity contribution in [3.8, 4) is 0 Å². The fourth-order valence-corrected chi connectivity index (χ4v) is 3.23. The lowest BCUT2D eigenvalue weighted by atomic mass is 9.88. The summed E-state index contributed by atoms with van der Waals surface area (Å²) in [5, 5.41) is 14.8. The van der Waals surface area contributed by atoms with E-state index in [0.29, 0.717) is 10.6 Å². The van der Waals surface area contributed by atoms with E-state index >= 15 is 0 Å². The highest BCUT2D eigenvalue weighted by Gasteiger charge is 2.32. The zero-order valence-corrected chi connectivity index (χ0v) is 16.4. The molecule has 1 atom stereocenters. The molecule has 0 aliphatic rings. The molecule has 0 aliphatic carbocycles. The van der Waals surface area contributed by atoms with E-state index in [9.17, 15) is 19.1 Å². The van der Waals surface area contributed by atoms with E-state index in [1.807, 2.05) is 0 Å². The van der Waals surface area contributed by atoms with Crippen molar-refractivity contribution in [3.63, 3.8) is 0 Å². The first-order chi connectivity index (χ1) is 12.7. The summed E-state index contributed by atoms with van der Waals surface area (Å²) in [7, 11) is 0. The molecule has 0 bridgehead atoms. The molecule has 0 saturated heterocycles. The number of amides is 2. The third-order valence-corrected chi connectivity index (χ3v) is 4.76. The van der Waals surface area contributed by atoms with Crippen LogP contribution >= 0.6 is 34.8 Å². The molecule has 0 aromatic heterocycles. The van der Waals surface area contributed by atoms with Crippen LogP contribution in [0, 0.1) is 5.82 Å². The van der Waals surface area contributed by atoms with Crippen LogP contribution in [0.5, 0.6) is 0 Å². The largest absolute Gasteiger partial charge is 0.396 e. The number of hydrogen-bond donors (Lipinski definition) is 3. The van der Waals surface area contributed by atoms with Crippen molar-refractivity contribution in [2.24, 2.45) is 0 Å². The second kappa shape index (κ2) is 8.89. The van der Waals surface area contributed by atoms with Crippen LogP contribution in [-0.2, 0) is 15.1 Å². The Kier molecular flexibility index (Phi) is 7.06. The lowest BCUT2D eigenvalue weighted by Crippen LogP contribution is -2.48. The van der Waals surface area contributed by atoms with Crippen LogP contribution in [-0.4, -0.2) is 23.5 Å². The van der Waals surface area contributed by atoms with Crippen molar-refractivity contribution in [2.45, 2.75) is 18.9 Å². The number of aliphatic hydroxyl groups excluding tert-OH is 1. The summed E-state index contributed by atoms with van der Waals surface area (Å²) >= 11 is 17.7. The number of nitrogens with one attached hydrogen (secondary N) is 2. The fraction of sp³-hybridized carbons (Fsp3) is 0.222. The molecule has 2 amide bonds. The molecule has 0 spiro atoms. The Bertz CT molecular complexity index is 879. The van der Waals surface area contributed by atoms with Crippen molar-refractivity contribution < 1.29 is 19.1 Å². The minimum Gasteiger partial charge on any atom is -0.396 e. The predicted molar refractivity (Wildman–Crippen MR) is 104 cm³/mol. The molecule has 3 N–H and O–H groups in total. The smallest absolute Gasteiger partial charge is 0.313 e. The van der Waals surface area contributed by atoms with Crippen LogP contribution < -0.4 is 10.6 Å². The Morgan fingerprint density at radius 3 is 2.37 bits per heavy atom. The number of carbonyl (C=O) groups excluding carboxylic acids is 2. The molecular weight excluding hydrogens is 418 g/mol. The first-order valence-corrected chi connectivity index (χ1v) is 8.94. The Hall–Kier alpha value is -1.86. The molecule has 144 valence electrons. The van der Waals surface area contributed by atoms with Crippen molar-refractivity contribution in [2.75, 3.05) is 11.9 Å². The first kappa shape index (κ1) is 21.4. The van der Waals surface area contributed by atoms with E-state index < -0.39 is 23.2 Å². The number of rotatable bonds is 5. The minimum atomic E-state index is -1.13. The zero-order valence-electron chi connectivity index (χ0n) is 14.2. The molecule has 2 aromatic rings. The number of anilines is 1. The average Bonchev–Trinajstić information content (AvgIpc) is 2.58. The Morgan fingerprint density at radius 1 is 1.07 bits per heavy atom. The van der Waals surface area contributed by atoms with Crippen LogP contribution in [0.25, 0.3) is 0 Å². The van der Waals surface area contributed by atoms with Crippen LogP contribution in [0.15, 0.2) is 36.4 Å². The molecule has 27 heavy (non-hydrogen) atoms. The molecule has 0 heterocycles. The van der Waals surface area contributed by atoms with Gasteiger partial charge in [0.1, 0.15) is 5.82 Å². The van der Waals surface area contributed by atoms with Crippen molar-refractivity contribution >= 4 is 52.3 Å². The predicted octanol–water partition coefficient (Wildman–Crippen LogP) is 4.14. The first-order valence-electron chi connectivity index (χ1n) is 7.81. The van der Waals surface area contributed by atoms with E-state index in [-0.39, 0.29) is 28.8 Å². The van der Waals surface area contributed by atoms with E-state index in [0.717, 1.165) is 6.07 Å². The molecule has 1 unspecified atom stereocenters. The van der Waals surface area contributed by atoms with Gasteiger partial charge in [-0.2, -0.15) is 0 Å². The van der Waals surface area contributed by atoms with Gasteiger partial charge in [-0.3, -0.25) is 9.59 Å². The SMILES string of the molecule is CC(CCO)(NC(=O)C(=O)Nc1ccc(Cl)c(F)c1)c1ccc(Cl)cc1Cl. The summed E-state index contributed by atoms with van der Waals surface area (Å²) in [6.07, 6.45) is 0.100. The van der Waals surface area contributed by atoms with Gasteiger partial charge in [-0.15, -0.1) is 0 Å². The Morgan fingerprint density at radius 2 is 1.78 bits per heavy atom. The van der Waals surface area contributed by atoms with Gasteiger partial charge in [-0.1, -0.05) is 40.9 Å². The summed E-state index contributed by atoms with van der Waals surface area (Å²) in [6.45, 7) is 1.35. The zero-order chi connectivity index (χ0) is 20.2. The summed E-state index contributed by atoms with van der Waals surface area (Å²) in [5.41, 5.74) is -0.567. The van der Waals surface area contributed by atoms with Crippen molar-refractivity contribution in [1.82, 2.24) is 5.32 Å². The van der Waals surface area contributed by atoms with E-state index in [1.54, 1.807) is 19.1 Å². The summed E-state index contributed by atoms with van der Waals surface area (Å²) in [5.74, 6) is -2.72. The average molecular weight is 434 g/mol. The highest BCUT2D eigenvalue weighted by Crippen LogP contribution is 2.32. The Balaban J connectivity index is 2.20. The van der Waals surface area contributed by atoms with Gasteiger partial charge in [0.25, 0.3) is 0 Å². The standard InChI is InChI=1S/C18H16Cl3FN2O3/c1-18(6-7-25,12-4-2-10(19)8-14(12)21)24-17(27)16(26)23-11-3-5-13(20)15(22)9-11/h2-5,8-9,25H,6-7H2,1H3,(H,23,26)(H,24,27). The maximum atomic E-state index is 13.5. The monoisotopic (exact) mass is 432 g/mol. The number of aliphatic hydroxyl groups is 1. The van der Waals surface area contributed by atoms with E-state index in [2.05, 4.69) is 10.6 Å². The van der Waals surface area contributed by atoms with Gasteiger partial charge in [-0.05, 0) is 49.2 Å². The molecule has 5 nitrogen and oxygen atoms in total. The second-order valence-electron chi connectivity index (χ2n) is 5.97. The van der Waals surface area contributed by atoms with Gasteiger partial charge in [0.05, 0.1) is 10.6 Å². The maximum absolute atomic E-state index is 13.5. The molecular formula is C18H16Cl3FN2O3. The third kappa shape index (κ3) is 5.32. The van der Waals surface area contributed by atoms with Crippen molar-refractivity contribution in [3.05, 3.63) is 62.8 Å². The number of carbonyl (C=O) groups is 2. The summed E-state index contributed by atoms with van der Waals surface area (Å²) in [6, 6.07) is 8.30. The molecule has 0 fully saturated rings. The fourth-order valence-electron chi connectivity index (χ4n) is 2.49.